The van der Waals surface area contributed by atoms with E-state index in [0.29, 0.717) is 6.42 Å². The maximum atomic E-state index is 13.0. The number of nitrogens with two attached hydrogens (primary N) is 1. The van der Waals surface area contributed by atoms with E-state index in [1.54, 1.807) is 18.0 Å². The molecule has 0 unspecified atom stereocenters. The van der Waals surface area contributed by atoms with Gasteiger partial charge >= 0.3 is 0 Å². The predicted octanol–water partition coefficient (Wildman–Crippen LogP) is 2.29. The monoisotopic (exact) mass is 297 g/mol. The molecule has 20 heavy (non-hydrogen) atoms. The molecule has 0 saturated heterocycles. The van der Waals surface area contributed by atoms with Gasteiger partial charge in [0.25, 0.3) is 0 Å². The van der Waals surface area contributed by atoms with Gasteiger partial charge in [-0.05, 0) is 37.4 Å². The average Bonchev–Trinajstić information content (AvgIpc) is 2.49. The molecule has 5 heteroatoms. The first kappa shape index (κ1) is 16.9. The highest BCUT2D eigenvalue weighted by atomic mass is 32.2. The minimum atomic E-state index is -0.417. The van der Waals surface area contributed by atoms with Gasteiger partial charge in [0, 0.05) is 29.8 Å². The Morgan fingerprint density at radius 2 is 2.10 bits per heavy atom. The third kappa shape index (κ3) is 6.30. The second kappa shape index (κ2) is 9.66. The lowest BCUT2D eigenvalue weighted by atomic mass is 10.1. The Balaban J connectivity index is 2.49. The van der Waals surface area contributed by atoms with Crippen molar-refractivity contribution in [1.29, 1.82) is 0 Å². The van der Waals surface area contributed by atoms with Gasteiger partial charge < -0.3 is 16.4 Å². The van der Waals surface area contributed by atoms with Crippen LogP contribution in [0.3, 0.4) is 0 Å². The Bertz CT molecular complexity index is 406. The van der Waals surface area contributed by atoms with Gasteiger partial charge in [0.1, 0.15) is 6.67 Å². The molecule has 0 aliphatic rings. The molecule has 4 N–H and O–H groups in total. The smallest absolute Gasteiger partial charge is 0.110 e. The fraction of sp³-hybridized carbons (Fsp3) is 0.467. The van der Waals surface area contributed by atoms with Gasteiger partial charge in [0.15, 0.2) is 0 Å². The molecule has 0 radical (unpaired) electrons. The summed E-state index contributed by atoms with van der Waals surface area (Å²) in [5.41, 5.74) is 7.68. The maximum Gasteiger partial charge on any atom is 0.110 e. The normalized spacial score (nSPS) is 13.2. The van der Waals surface area contributed by atoms with Crippen molar-refractivity contribution in [1.82, 2.24) is 10.6 Å². The Kier molecular flexibility index (Phi) is 8.14. The van der Waals surface area contributed by atoms with Crippen molar-refractivity contribution in [3.05, 3.63) is 41.7 Å². The highest BCUT2D eigenvalue weighted by Gasteiger charge is 2.07. The number of benzene rings is 1. The van der Waals surface area contributed by atoms with Gasteiger partial charge in [-0.1, -0.05) is 12.1 Å². The van der Waals surface area contributed by atoms with E-state index >= 15 is 0 Å². The molecule has 1 atom stereocenters. The van der Waals surface area contributed by atoms with Crippen LogP contribution in [0.5, 0.6) is 0 Å². The molecule has 1 rings (SSSR count). The minimum Gasteiger partial charge on any atom is -0.401 e. The molecule has 0 spiro atoms. The van der Waals surface area contributed by atoms with E-state index in [1.807, 2.05) is 25.4 Å². The van der Waals surface area contributed by atoms with Crippen LogP contribution in [-0.2, 0) is 6.42 Å². The van der Waals surface area contributed by atoms with Crippen molar-refractivity contribution in [3.8, 4) is 0 Å². The summed E-state index contributed by atoms with van der Waals surface area (Å²) in [6.07, 6.45) is 5.17. The third-order valence-corrected chi connectivity index (χ3v) is 3.74. The SMILES string of the molecule is CNCC/C(N)=C/N[C@H](CF)Cc1ccc(SC)cc1. The molecular weight excluding hydrogens is 273 g/mol. The number of alkyl halides is 1. The zero-order chi connectivity index (χ0) is 14.8. The fourth-order valence-electron chi connectivity index (χ4n) is 1.77. The molecule has 0 fully saturated rings. The minimum absolute atomic E-state index is 0.233. The molecule has 1 aromatic carbocycles. The largest absolute Gasteiger partial charge is 0.401 e. The van der Waals surface area contributed by atoms with Crippen molar-refractivity contribution >= 4 is 11.8 Å². The fourth-order valence-corrected chi connectivity index (χ4v) is 2.18. The summed E-state index contributed by atoms with van der Waals surface area (Å²) in [6, 6.07) is 7.98. The Labute approximate surface area is 125 Å². The van der Waals surface area contributed by atoms with Crippen LogP contribution in [0.15, 0.2) is 41.1 Å². The zero-order valence-corrected chi connectivity index (χ0v) is 13.0. The standard InChI is InChI=1S/C15H24FN3S/c1-18-8-7-13(17)11-19-14(10-16)9-12-3-5-15(20-2)6-4-12/h3-6,11,14,18-19H,7-10,17H2,1-2H3/b13-11-/t14-/m0/s1. The zero-order valence-electron chi connectivity index (χ0n) is 12.2. The number of rotatable bonds is 9. The maximum absolute atomic E-state index is 13.0. The van der Waals surface area contributed by atoms with E-state index in [-0.39, 0.29) is 6.04 Å². The summed E-state index contributed by atoms with van der Waals surface area (Å²) in [7, 11) is 1.88. The van der Waals surface area contributed by atoms with E-state index in [4.69, 9.17) is 5.73 Å². The van der Waals surface area contributed by atoms with Crippen LogP contribution in [0.25, 0.3) is 0 Å². The van der Waals surface area contributed by atoms with Crippen molar-refractivity contribution in [3.63, 3.8) is 0 Å². The lowest BCUT2D eigenvalue weighted by Gasteiger charge is -2.15. The topological polar surface area (TPSA) is 50.1 Å². The van der Waals surface area contributed by atoms with Crippen molar-refractivity contribution in [2.24, 2.45) is 5.73 Å². The highest BCUT2D eigenvalue weighted by Crippen LogP contribution is 2.15. The number of hydrogen-bond acceptors (Lipinski definition) is 4. The molecule has 0 heterocycles. The van der Waals surface area contributed by atoms with Gasteiger partial charge in [0.05, 0.1) is 6.04 Å². The van der Waals surface area contributed by atoms with E-state index < -0.39 is 6.67 Å². The average molecular weight is 297 g/mol. The molecule has 0 saturated carbocycles. The summed E-state index contributed by atoms with van der Waals surface area (Å²) in [5, 5.41) is 6.09. The van der Waals surface area contributed by atoms with Crippen LogP contribution in [-0.4, -0.2) is 32.6 Å². The number of thioether (sulfide) groups is 1. The lowest BCUT2D eigenvalue weighted by Crippen LogP contribution is -2.30. The molecule has 1 aromatic rings. The molecule has 112 valence electrons. The van der Waals surface area contributed by atoms with Gasteiger partial charge in [-0.15, -0.1) is 11.8 Å². The Hall–Kier alpha value is -1.20. The van der Waals surface area contributed by atoms with E-state index in [9.17, 15) is 4.39 Å². The summed E-state index contributed by atoms with van der Waals surface area (Å²) in [5.74, 6) is 0. The first-order chi connectivity index (χ1) is 9.69. The van der Waals surface area contributed by atoms with E-state index in [0.717, 1.165) is 24.2 Å². The first-order valence-corrected chi connectivity index (χ1v) is 7.96. The molecule has 3 nitrogen and oxygen atoms in total. The van der Waals surface area contributed by atoms with Crippen molar-refractivity contribution < 1.29 is 4.39 Å². The van der Waals surface area contributed by atoms with Crippen LogP contribution < -0.4 is 16.4 Å². The van der Waals surface area contributed by atoms with E-state index in [1.165, 1.54) is 4.90 Å². The van der Waals surface area contributed by atoms with Crippen LogP contribution in [0, 0.1) is 0 Å². The van der Waals surface area contributed by atoms with Crippen LogP contribution >= 0.6 is 11.8 Å². The van der Waals surface area contributed by atoms with Gasteiger partial charge in [-0.25, -0.2) is 4.39 Å². The predicted molar refractivity (Wildman–Crippen MR) is 85.6 cm³/mol. The quantitative estimate of drug-likeness (QED) is 0.612. The lowest BCUT2D eigenvalue weighted by molar-refractivity contribution is 0.397. The number of halogens is 1. The summed E-state index contributed by atoms with van der Waals surface area (Å²) < 4.78 is 13.0. The molecule has 0 aromatic heterocycles. The van der Waals surface area contributed by atoms with Crippen LogP contribution in [0.2, 0.25) is 0 Å². The van der Waals surface area contributed by atoms with E-state index in [2.05, 4.69) is 22.8 Å². The van der Waals surface area contributed by atoms with Gasteiger partial charge in [-0.3, -0.25) is 0 Å². The first-order valence-electron chi connectivity index (χ1n) is 6.73. The molecule has 0 bridgehead atoms. The summed E-state index contributed by atoms with van der Waals surface area (Å²) in [4.78, 5) is 1.22. The van der Waals surface area contributed by atoms with Crippen molar-refractivity contribution in [2.75, 3.05) is 26.5 Å². The summed E-state index contributed by atoms with van der Waals surface area (Å²) >= 11 is 1.70. The highest BCUT2D eigenvalue weighted by molar-refractivity contribution is 7.98. The summed E-state index contributed by atoms with van der Waals surface area (Å²) in [6.45, 7) is 0.403. The number of hydrogen-bond donors (Lipinski definition) is 3. The van der Waals surface area contributed by atoms with Gasteiger partial charge in [-0.2, -0.15) is 0 Å². The second-order valence-corrected chi connectivity index (χ2v) is 5.52. The molecule has 0 amide bonds. The van der Waals surface area contributed by atoms with Crippen molar-refractivity contribution in [2.45, 2.75) is 23.8 Å². The number of nitrogens with one attached hydrogen (secondary N) is 2. The van der Waals surface area contributed by atoms with Crippen LogP contribution in [0.1, 0.15) is 12.0 Å². The van der Waals surface area contributed by atoms with Gasteiger partial charge in [0.2, 0.25) is 0 Å². The second-order valence-electron chi connectivity index (χ2n) is 4.64. The Morgan fingerprint density at radius 1 is 1.40 bits per heavy atom. The van der Waals surface area contributed by atoms with Crippen LogP contribution in [0.4, 0.5) is 4.39 Å². The third-order valence-electron chi connectivity index (χ3n) is 3.00. The molecule has 0 aliphatic heterocycles. The molecule has 0 aliphatic carbocycles. The Morgan fingerprint density at radius 3 is 2.65 bits per heavy atom. The molecular formula is C15H24FN3S.